The number of likely N-dealkylation sites (tertiary alicyclic amines) is 1. The lowest BCUT2D eigenvalue weighted by Gasteiger charge is -2.31. The molecule has 2 heterocycles. The van der Waals surface area contributed by atoms with Crippen LogP contribution in [0.1, 0.15) is 18.5 Å². The molecular weight excluding hydrogens is 295 g/mol. The van der Waals surface area contributed by atoms with Crippen LogP contribution in [0, 0.1) is 11.7 Å². The van der Waals surface area contributed by atoms with Crippen molar-refractivity contribution in [3.63, 3.8) is 0 Å². The van der Waals surface area contributed by atoms with Gasteiger partial charge in [-0.15, -0.1) is 0 Å². The van der Waals surface area contributed by atoms with E-state index < -0.39 is 0 Å². The molecule has 0 atom stereocenters. The Morgan fingerprint density at radius 2 is 1.96 bits per heavy atom. The fraction of sp³-hybridized carbons (Fsp3) is 0.412. The highest BCUT2D eigenvalue weighted by atomic mass is 19.1. The molecule has 1 aromatic carbocycles. The lowest BCUT2D eigenvalue weighted by Crippen LogP contribution is -2.38. The Labute approximate surface area is 135 Å². The van der Waals surface area contributed by atoms with E-state index in [-0.39, 0.29) is 17.6 Å². The van der Waals surface area contributed by atoms with Crippen molar-refractivity contribution < 1.29 is 9.18 Å². The number of carbonyl (C=O) groups is 1. The molecule has 1 aliphatic rings. The van der Waals surface area contributed by atoms with E-state index in [2.05, 4.69) is 15.3 Å². The van der Waals surface area contributed by atoms with Crippen LogP contribution >= 0.6 is 0 Å². The normalized spacial score (nSPS) is 16.4. The minimum Gasteiger partial charge on any atom is -0.326 e. The summed E-state index contributed by atoms with van der Waals surface area (Å²) in [6.45, 7) is 2.65. The maximum absolute atomic E-state index is 12.9. The van der Waals surface area contributed by atoms with Gasteiger partial charge in [0.05, 0.1) is 5.69 Å². The van der Waals surface area contributed by atoms with E-state index in [0.29, 0.717) is 5.69 Å². The molecule has 0 unspecified atom stereocenters. The average molecular weight is 316 g/mol. The maximum Gasteiger partial charge on any atom is 0.227 e. The second kappa shape index (κ2) is 6.91. The number of hydrogen-bond donors (Lipinski definition) is 1. The quantitative estimate of drug-likeness (QED) is 0.942. The van der Waals surface area contributed by atoms with Crippen molar-refractivity contribution in [1.29, 1.82) is 0 Å². The fourth-order valence-corrected chi connectivity index (χ4v) is 2.92. The summed E-state index contributed by atoms with van der Waals surface area (Å²) in [5.41, 5.74) is 1.83. The average Bonchev–Trinajstić information content (AvgIpc) is 2.95. The Morgan fingerprint density at radius 1 is 1.26 bits per heavy atom. The first-order valence-corrected chi connectivity index (χ1v) is 7.87. The summed E-state index contributed by atoms with van der Waals surface area (Å²) in [7, 11) is 1.94. The van der Waals surface area contributed by atoms with Gasteiger partial charge in [-0.2, -0.15) is 5.10 Å². The molecule has 1 amide bonds. The standard InChI is InChI=1S/C17H21FN4O/c1-21-16(6-9-19-21)12-22-10-7-13(8-11-22)17(23)20-15-4-2-14(18)3-5-15/h2-6,9,13H,7-8,10-12H2,1H3,(H,20,23). The highest BCUT2D eigenvalue weighted by Gasteiger charge is 2.25. The minimum atomic E-state index is -0.300. The highest BCUT2D eigenvalue weighted by molar-refractivity contribution is 5.92. The van der Waals surface area contributed by atoms with Crippen molar-refractivity contribution in [3.8, 4) is 0 Å². The molecule has 1 aliphatic heterocycles. The molecule has 3 rings (SSSR count). The van der Waals surface area contributed by atoms with Gasteiger partial charge < -0.3 is 5.32 Å². The van der Waals surface area contributed by atoms with E-state index in [1.54, 1.807) is 18.3 Å². The zero-order chi connectivity index (χ0) is 16.2. The number of nitrogens with one attached hydrogen (secondary N) is 1. The largest absolute Gasteiger partial charge is 0.326 e. The van der Waals surface area contributed by atoms with Gasteiger partial charge in [-0.3, -0.25) is 14.4 Å². The maximum atomic E-state index is 12.9. The zero-order valence-corrected chi connectivity index (χ0v) is 13.2. The number of carbonyl (C=O) groups excluding carboxylic acids is 1. The zero-order valence-electron chi connectivity index (χ0n) is 13.2. The van der Waals surface area contributed by atoms with E-state index in [4.69, 9.17) is 0 Å². The van der Waals surface area contributed by atoms with Crippen LogP contribution in [0.3, 0.4) is 0 Å². The first kappa shape index (κ1) is 15.7. The third-order valence-electron chi connectivity index (χ3n) is 4.38. The lowest BCUT2D eigenvalue weighted by atomic mass is 9.95. The predicted molar refractivity (Wildman–Crippen MR) is 86.2 cm³/mol. The van der Waals surface area contributed by atoms with Gasteiger partial charge in [0.25, 0.3) is 0 Å². The molecule has 2 aromatic rings. The Balaban J connectivity index is 1.49. The second-order valence-electron chi connectivity index (χ2n) is 5.99. The Morgan fingerprint density at radius 3 is 2.57 bits per heavy atom. The van der Waals surface area contributed by atoms with Crippen molar-refractivity contribution in [3.05, 3.63) is 48.0 Å². The van der Waals surface area contributed by atoms with Gasteiger partial charge in [-0.1, -0.05) is 0 Å². The van der Waals surface area contributed by atoms with Gasteiger partial charge >= 0.3 is 0 Å². The van der Waals surface area contributed by atoms with Gasteiger partial charge in [0.15, 0.2) is 0 Å². The molecule has 1 N–H and O–H groups in total. The molecule has 122 valence electrons. The van der Waals surface area contributed by atoms with Crippen molar-refractivity contribution in [2.24, 2.45) is 13.0 Å². The number of amides is 1. The van der Waals surface area contributed by atoms with Crippen LogP contribution in [0.5, 0.6) is 0 Å². The number of benzene rings is 1. The monoisotopic (exact) mass is 316 g/mol. The summed E-state index contributed by atoms with van der Waals surface area (Å²) >= 11 is 0. The number of anilines is 1. The number of piperidine rings is 1. The molecule has 0 saturated carbocycles. The molecule has 1 aromatic heterocycles. The lowest BCUT2D eigenvalue weighted by molar-refractivity contribution is -0.121. The van der Waals surface area contributed by atoms with Gasteiger partial charge in [0.1, 0.15) is 5.82 Å². The molecule has 0 aliphatic carbocycles. The SMILES string of the molecule is Cn1nccc1CN1CCC(C(=O)Nc2ccc(F)cc2)CC1. The third-order valence-corrected chi connectivity index (χ3v) is 4.38. The van der Waals surface area contributed by atoms with Gasteiger partial charge in [0.2, 0.25) is 5.91 Å². The van der Waals surface area contributed by atoms with Gasteiger partial charge in [0, 0.05) is 31.4 Å². The van der Waals surface area contributed by atoms with Gasteiger partial charge in [-0.25, -0.2) is 4.39 Å². The summed E-state index contributed by atoms with van der Waals surface area (Å²) < 4.78 is 14.8. The first-order chi connectivity index (χ1) is 11.1. The van der Waals surface area contributed by atoms with Crippen LogP contribution < -0.4 is 5.32 Å². The summed E-state index contributed by atoms with van der Waals surface area (Å²) in [4.78, 5) is 14.6. The van der Waals surface area contributed by atoms with E-state index in [9.17, 15) is 9.18 Å². The molecule has 0 radical (unpaired) electrons. The first-order valence-electron chi connectivity index (χ1n) is 7.87. The van der Waals surface area contributed by atoms with Gasteiger partial charge in [-0.05, 0) is 56.3 Å². The summed E-state index contributed by atoms with van der Waals surface area (Å²) in [5.74, 6) is -0.258. The predicted octanol–water partition coefficient (Wildman–Crippen LogP) is 2.41. The van der Waals surface area contributed by atoms with Crippen LogP contribution in [0.15, 0.2) is 36.5 Å². The second-order valence-corrected chi connectivity index (χ2v) is 5.99. The van der Waals surface area contributed by atoms with Crippen molar-refractivity contribution in [1.82, 2.24) is 14.7 Å². The van der Waals surface area contributed by atoms with Crippen LogP contribution in [0.2, 0.25) is 0 Å². The van der Waals surface area contributed by atoms with Crippen LogP contribution in [-0.2, 0) is 18.4 Å². The topological polar surface area (TPSA) is 50.2 Å². The minimum absolute atomic E-state index is 0.0165. The Kier molecular flexibility index (Phi) is 4.71. The highest BCUT2D eigenvalue weighted by Crippen LogP contribution is 2.21. The van der Waals surface area contributed by atoms with E-state index in [0.717, 1.165) is 32.5 Å². The van der Waals surface area contributed by atoms with Crippen molar-refractivity contribution in [2.45, 2.75) is 19.4 Å². The van der Waals surface area contributed by atoms with Crippen LogP contribution in [0.25, 0.3) is 0 Å². The van der Waals surface area contributed by atoms with E-state index in [1.807, 2.05) is 17.8 Å². The number of hydrogen-bond acceptors (Lipinski definition) is 3. The summed E-state index contributed by atoms with van der Waals surface area (Å²) in [6, 6.07) is 7.90. The van der Waals surface area contributed by atoms with Crippen molar-refractivity contribution >= 4 is 11.6 Å². The van der Waals surface area contributed by atoms with Crippen LogP contribution in [-0.4, -0.2) is 33.7 Å². The number of nitrogens with zero attached hydrogens (tertiary/aromatic N) is 3. The number of rotatable bonds is 4. The smallest absolute Gasteiger partial charge is 0.227 e. The summed E-state index contributed by atoms with van der Waals surface area (Å²) in [5, 5.41) is 7.05. The Hall–Kier alpha value is -2.21. The summed E-state index contributed by atoms with van der Waals surface area (Å²) in [6.07, 6.45) is 3.48. The molecule has 23 heavy (non-hydrogen) atoms. The number of aromatic nitrogens is 2. The number of halogens is 1. The molecule has 0 spiro atoms. The molecular formula is C17H21FN4O. The molecule has 1 saturated heterocycles. The van der Waals surface area contributed by atoms with E-state index in [1.165, 1.54) is 17.8 Å². The van der Waals surface area contributed by atoms with Crippen molar-refractivity contribution in [2.75, 3.05) is 18.4 Å². The van der Waals surface area contributed by atoms with E-state index >= 15 is 0 Å². The molecule has 0 bridgehead atoms. The van der Waals surface area contributed by atoms with Crippen LogP contribution in [0.4, 0.5) is 10.1 Å². The molecule has 6 heteroatoms. The molecule has 1 fully saturated rings. The molecule has 5 nitrogen and oxygen atoms in total. The Bertz CT molecular complexity index is 659. The fourth-order valence-electron chi connectivity index (χ4n) is 2.92. The third kappa shape index (κ3) is 3.96. The number of aryl methyl sites for hydroxylation is 1.